The summed E-state index contributed by atoms with van der Waals surface area (Å²) in [5.74, 6) is 0.960. The third kappa shape index (κ3) is 2.80. The number of ether oxygens (including phenoxy) is 1. The molecule has 0 aromatic heterocycles. The van der Waals surface area contributed by atoms with E-state index in [9.17, 15) is 0 Å². The van der Waals surface area contributed by atoms with Crippen LogP contribution in [0.5, 0.6) is 5.75 Å². The van der Waals surface area contributed by atoms with Crippen molar-refractivity contribution in [2.75, 3.05) is 6.61 Å². The Bertz CT molecular complexity index is 1280. The van der Waals surface area contributed by atoms with Gasteiger partial charge >= 0.3 is 0 Å². The maximum Gasteiger partial charge on any atom is 0.119 e. The van der Waals surface area contributed by atoms with Gasteiger partial charge in [-0.3, -0.25) is 0 Å². The fourth-order valence-corrected chi connectivity index (χ4v) is 3.97. The fraction of sp³-hybridized carbons (Fsp3) is 0.154. The molecule has 1 heteroatoms. The molecule has 0 saturated carbocycles. The first-order valence-corrected chi connectivity index (χ1v) is 9.74. The number of hydrogen-bond donors (Lipinski definition) is 0. The summed E-state index contributed by atoms with van der Waals surface area (Å²) >= 11 is 0. The van der Waals surface area contributed by atoms with Gasteiger partial charge < -0.3 is 4.74 Å². The minimum absolute atomic E-state index is 0.785. The number of benzene rings is 5. The van der Waals surface area contributed by atoms with Crippen molar-refractivity contribution in [3.8, 4) is 5.75 Å². The largest absolute Gasteiger partial charge is 0.494 e. The summed E-state index contributed by atoms with van der Waals surface area (Å²) in [7, 11) is 0. The summed E-state index contributed by atoms with van der Waals surface area (Å²) in [6, 6.07) is 28.6. The second kappa shape index (κ2) is 6.59. The summed E-state index contributed by atoms with van der Waals surface area (Å²) in [6.07, 6.45) is 2.25. The topological polar surface area (TPSA) is 9.23 Å². The Balaban J connectivity index is 1.70. The maximum absolute atomic E-state index is 5.89. The standard InChI is InChI=1S/C26H22O/c1-2-3-14-27-22-10-13-23-21(16-22)9-12-25-24(23)11-8-20-15-18-6-4-5-7-19(18)17-26(20)25/h4-13,15-17H,2-3,14H2,1H3. The Kier molecular flexibility index (Phi) is 3.94. The van der Waals surface area contributed by atoms with Gasteiger partial charge in [-0.05, 0) is 73.8 Å². The molecule has 0 saturated heterocycles. The van der Waals surface area contributed by atoms with Crippen LogP contribution in [0.4, 0.5) is 0 Å². The fourth-order valence-electron chi connectivity index (χ4n) is 3.97. The summed E-state index contributed by atoms with van der Waals surface area (Å²) in [5, 5.41) is 10.3. The molecular formula is C26H22O. The first-order valence-electron chi connectivity index (χ1n) is 9.74. The van der Waals surface area contributed by atoms with E-state index in [-0.39, 0.29) is 0 Å². The highest BCUT2D eigenvalue weighted by atomic mass is 16.5. The van der Waals surface area contributed by atoms with Crippen LogP contribution in [0.25, 0.3) is 43.1 Å². The quantitative estimate of drug-likeness (QED) is 0.185. The second-order valence-electron chi connectivity index (χ2n) is 7.23. The SMILES string of the molecule is CCCCOc1ccc2c(ccc3c4cc5ccccc5cc4ccc23)c1. The molecule has 0 bridgehead atoms. The molecule has 0 unspecified atom stereocenters. The highest BCUT2D eigenvalue weighted by Gasteiger charge is 2.07. The van der Waals surface area contributed by atoms with Crippen molar-refractivity contribution in [1.82, 2.24) is 0 Å². The second-order valence-corrected chi connectivity index (χ2v) is 7.23. The van der Waals surface area contributed by atoms with Gasteiger partial charge in [0.15, 0.2) is 0 Å². The summed E-state index contributed by atoms with van der Waals surface area (Å²) < 4.78 is 5.89. The van der Waals surface area contributed by atoms with Crippen molar-refractivity contribution in [2.24, 2.45) is 0 Å². The van der Waals surface area contributed by atoms with Crippen molar-refractivity contribution in [3.05, 3.63) is 78.9 Å². The van der Waals surface area contributed by atoms with Gasteiger partial charge in [-0.1, -0.05) is 67.9 Å². The molecule has 0 aliphatic rings. The first kappa shape index (κ1) is 16.1. The summed E-state index contributed by atoms with van der Waals surface area (Å²) in [5.41, 5.74) is 0. The summed E-state index contributed by atoms with van der Waals surface area (Å²) in [6.45, 7) is 2.97. The van der Waals surface area contributed by atoms with Crippen molar-refractivity contribution >= 4 is 43.1 Å². The lowest BCUT2D eigenvalue weighted by molar-refractivity contribution is 0.310. The van der Waals surface area contributed by atoms with Gasteiger partial charge in [0.2, 0.25) is 0 Å². The average Bonchev–Trinajstić information content (AvgIpc) is 2.72. The Morgan fingerprint density at radius 3 is 2.04 bits per heavy atom. The van der Waals surface area contributed by atoms with E-state index in [1.165, 1.54) is 43.1 Å². The van der Waals surface area contributed by atoms with Gasteiger partial charge in [-0.15, -0.1) is 0 Å². The van der Waals surface area contributed by atoms with Crippen LogP contribution in [0.3, 0.4) is 0 Å². The van der Waals surface area contributed by atoms with Crippen LogP contribution in [0.1, 0.15) is 19.8 Å². The maximum atomic E-state index is 5.89. The smallest absolute Gasteiger partial charge is 0.119 e. The molecule has 0 fully saturated rings. The molecule has 0 aliphatic heterocycles. The average molecular weight is 350 g/mol. The van der Waals surface area contributed by atoms with Crippen LogP contribution in [0.2, 0.25) is 0 Å². The van der Waals surface area contributed by atoms with E-state index in [0.717, 1.165) is 25.2 Å². The molecule has 0 amide bonds. The van der Waals surface area contributed by atoms with E-state index in [1.807, 2.05) is 0 Å². The van der Waals surface area contributed by atoms with Crippen LogP contribution in [-0.4, -0.2) is 6.61 Å². The number of fused-ring (bicyclic) bond motifs is 6. The third-order valence-electron chi connectivity index (χ3n) is 5.44. The van der Waals surface area contributed by atoms with Crippen molar-refractivity contribution in [1.29, 1.82) is 0 Å². The normalized spacial score (nSPS) is 11.6. The van der Waals surface area contributed by atoms with Gasteiger partial charge in [0.25, 0.3) is 0 Å². The van der Waals surface area contributed by atoms with E-state index >= 15 is 0 Å². The van der Waals surface area contributed by atoms with Gasteiger partial charge in [0.05, 0.1) is 6.61 Å². The van der Waals surface area contributed by atoms with Crippen molar-refractivity contribution < 1.29 is 4.74 Å². The van der Waals surface area contributed by atoms with Gasteiger partial charge in [0.1, 0.15) is 5.75 Å². The van der Waals surface area contributed by atoms with Crippen LogP contribution in [-0.2, 0) is 0 Å². The predicted octanol–water partition coefficient (Wildman–Crippen LogP) is 7.48. The predicted molar refractivity (Wildman–Crippen MR) is 117 cm³/mol. The lowest BCUT2D eigenvalue weighted by atomic mass is 9.95. The monoisotopic (exact) mass is 350 g/mol. The van der Waals surface area contributed by atoms with Gasteiger partial charge in [0, 0.05) is 0 Å². The van der Waals surface area contributed by atoms with Crippen molar-refractivity contribution in [2.45, 2.75) is 19.8 Å². The zero-order chi connectivity index (χ0) is 18.2. The Morgan fingerprint density at radius 2 is 1.26 bits per heavy atom. The lowest BCUT2D eigenvalue weighted by Gasteiger charge is -2.11. The minimum atomic E-state index is 0.785. The van der Waals surface area contributed by atoms with Crippen LogP contribution >= 0.6 is 0 Å². The zero-order valence-corrected chi connectivity index (χ0v) is 15.5. The van der Waals surface area contributed by atoms with Crippen LogP contribution in [0.15, 0.2) is 78.9 Å². The van der Waals surface area contributed by atoms with E-state index in [2.05, 4.69) is 85.8 Å². The number of unbranched alkanes of at least 4 members (excludes halogenated alkanes) is 1. The minimum Gasteiger partial charge on any atom is -0.494 e. The highest BCUT2D eigenvalue weighted by Crippen LogP contribution is 2.34. The molecule has 1 nitrogen and oxygen atoms in total. The molecule has 0 spiro atoms. The molecule has 0 N–H and O–H groups in total. The third-order valence-corrected chi connectivity index (χ3v) is 5.44. The van der Waals surface area contributed by atoms with Gasteiger partial charge in [-0.2, -0.15) is 0 Å². The molecule has 0 radical (unpaired) electrons. The highest BCUT2D eigenvalue weighted by molar-refractivity contribution is 6.19. The van der Waals surface area contributed by atoms with Gasteiger partial charge in [-0.25, -0.2) is 0 Å². The molecule has 0 heterocycles. The molecule has 132 valence electrons. The van der Waals surface area contributed by atoms with Crippen LogP contribution in [0, 0.1) is 0 Å². The van der Waals surface area contributed by atoms with E-state index in [0.29, 0.717) is 0 Å². The lowest BCUT2D eigenvalue weighted by Crippen LogP contribution is -1.96. The Morgan fingerprint density at radius 1 is 0.593 bits per heavy atom. The molecule has 5 aromatic rings. The molecule has 5 aromatic carbocycles. The first-order chi connectivity index (χ1) is 13.3. The van der Waals surface area contributed by atoms with Crippen LogP contribution < -0.4 is 4.74 Å². The Labute approximate surface area is 159 Å². The molecule has 27 heavy (non-hydrogen) atoms. The Hall–Kier alpha value is -3.06. The van der Waals surface area contributed by atoms with E-state index < -0.39 is 0 Å². The molecule has 0 atom stereocenters. The zero-order valence-electron chi connectivity index (χ0n) is 15.5. The number of rotatable bonds is 4. The summed E-state index contributed by atoms with van der Waals surface area (Å²) in [4.78, 5) is 0. The van der Waals surface area contributed by atoms with E-state index in [1.54, 1.807) is 0 Å². The molecule has 5 rings (SSSR count). The molecule has 0 aliphatic carbocycles. The van der Waals surface area contributed by atoms with Crippen molar-refractivity contribution in [3.63, 3.8) is 0 Å². The van der Waals surface area contributed by atoms with E-state index in [4.69, 9.17) is 4.74 Å². The number of hydrogen-bond acceptors (Lipinski definition) is 1. The molecular weight excluding hydrogens is 328 g/mol.